The Hall–Kier alpha value is -2.36. The molecule has 0 aliphatic heterocycles. The van der Waals surface area contributed by atoms with E-state index in [1.807, 2.05) is 31.2 Å². The Kier molecular flexibility index (Phi) is 5.49. The molecule has 30 heavy (non-hydrogen) atoms. The first-order valence-electron chi connectivity index (χ1n) is 9.76. The van der Waals surface area contributed by atoms with Crippen LogP contribution >= 0.6 is 34.6 Å². The van der Waals surface area contributed by atoms with Crippen molar-refractivity contribution >= 4 is 56.7 Å². The Balaban J connectivity index is 1.27. The van der Waals surface area contributed by atoms with Crippen LogP contribution in [0.25, 0.3) is 20.8 Å². The predicted octanol–water partition coefficient (Wildman–Crippen LogP) is 5.13. The van der Waals surface area contributed by atoms with Gasteiger partial charge in [0, 0.05) is 15.8 Å². The molecule has 152 valence electrons. The second kappa shape index (κ2) is 8.41. The summed E-state index contributed by atoms with van der Waals surface area (Å²) in [6.45, 7) is 2.05. The molecule has 3 aromatic heterocycles. The van der Waals surface area contributed by atoms with E-state index in [0.29, 0.717) is 5.95 Å². The summed E-state index contributed by atoms with van der Waals surface area (Å²) in [4.78, 5) is 28.3. The van der Waals surface area contributed by atoms with Gasteiger partial charge in [0.2, 0.25) is 11.9 Å². The molecule has 6 nitrogen and oxygen atoms in total. The van der Waals surface area contributed by atoms with Crippen molar-refractivity contribution in [2.45, 2.75) is 37.6 Å². The molecule has 1 aromatic carbocycles. The topological polar surface area (TPSA) is 80.7 Å². The molecule has 4 aromatic rings. The maximum absolute atomic E-state index is 12.5. The third-order valence-electron chi connectivity index (χ3n) is 5.03. The lowest BCUT2D eigenvalue weighted by molar-refractivity contribution is -0.113. The molecule has 1 aliphatic carbocycles. The molecule has 0 unspecified atom stereocenters. The minimum Gasteiger partial charge on any atom is -0.293 e. The number of hydrogen-bond donors (Lipinski definition) is 1. The molecular formula is C21H19N5OS3. The first-order valence-corrected chi connectivity index (χ1v) is 12.3. The lowest BCUT2D eigenvalue weighted by atomic mass is 9.97. The largest absolute Gasteiger partial charge is 0.293 e. The summed E-state index contributed by atoms with van der Waals surface area (Å²) >= 11 is 4.50. The number of aromatic nitrogens is 4. The third kappa shape index (κ3) is 3.97. The zero-order chi connectivity index (χ0) is 20.5. The molecule has 5 rings (SSSR count). The molecule has 0 radical (unpaired) electrons. The van der Waals surface area contributed by atoms with E-state index in [4.69, 9.17) is 0 Å². The van der Waals surface area contributed by atoms with Crippen molar-refractivity contribution in [3.8, 4) is 10.6 Å². The van der Waals surface area contributed by atoms with Crippen LogP contribution in [0.2, 0.25) is 0 Å². The molecule has 1 aliphatic rings. The highest BCUT2D eigenvalue weighted by Gasteiger charge is 2.20. The summed E-state index contributed by atoms with van der Waals surface area (Å²) in [6.07, 6.45) is 6.24. The Morgan fingerprint density at radius 2 is 2.00 bits per heavy atom. The van der Waals surface area contributed by atoms with Crippen LogP contribution in [0.3, 0.4) is 0 Å². The van der Waals surface area contributed by atoms with Gasteiger partial charge in [-0.15, -0.1) is 11.3 Å². The lowest BCUT2D eigenvalue weighted by Crippen LogP contribution is -2.15. The van der Waals surface area contributed by atoms with Crippen LogP contribution in [-0.2, 0) is 17.6 Å². The van der Waals surface area contributed by atoms with E-state index in [9.17, 15) is 4.79 Å². The second-order valence-corrected chi connectivity index (χ2v) is 10.00. The van der Waals surface area contributed by atoms with E-state index >= 15 is 0 Å². The number of benzene rings is 1. The molecule has 1 N–H and O–H groups in total. The Morgan fingerprint density at radius 3 is 2.87 bits per heavy atom. The first-order chi connectivity index (χ1) is 14.7. The number of aryl methyl sites for hydroxylation is 3. The number of anilines is 1. The van der Waals surface area contributed by atoms with Gasteiger partial charge >= 0.3 is 0 Å². The number of nitrogens with one attached hydrogen (secondary N) is 1. The fourth-order valence-electron chi connectivity index (χ4n) is 3.55. The van der Waals surface area contributed by atoms with Crippen LogP contribution in [0.15, 0.2) is 35.6 Å². The standard InChI is InChI=1S/C21H19N5OS3/c1-12-6-8-13(9-7-12)18-25-21(26-30-18)24-16(27)10-28-19-17-14-4-2-3-5-15(14)29-20(17)23-11-22-19/h6-9,11H,2-5,10H2,1H3,(H,24,26,27). The number of thioether (sulfide) groups is 1. The Morgan fingerprint density at radius 1 is 1.17 bits per heavy atom. The number of fused-ring (bicyclic) bond motifs is 3. The summed E-state index contributed by atoms with van der Waals surface area (Å²) in [7, 11) is 0. The summed E-state index contributed by atoms with van der Waals surface area (Å²) in [5.74, 6) is 0.474. The van der Waals surface area contributed by atoms with Gasteiger partial charge in [-0.3, -0.25) is 10.1 Å². The van der Waals surface area contributed by atoms with Crippen LogP contribution in [0.1, 0.15) is 28.8 Å². The van der Waals surface area contributed by atoms with Gasteiger partial charge in [-0.05, 0) is 49.7 Å². The van der Waals surface area contributed by atoms with Gasteiger partial charge in [0.25, 0.3) is 0 Å². The second-order valence-electron chi connectivity index (χ2n) is 7.20. The maximum atomic E-state index is 12.5. The van der Waals surface area contributed by atoms with Crippen LogP contribution in [-0.4, -0.2) is 31.0 Å². The number of thiophene rings is 1. The van der Waals surface area contributed by atoms with E-state index in [1.165, 1.54) is 52.1 Å². The van der Waals surface area contributed by atoms with Crippen molar-refractivity contribution in [1.29, 1.82) is 0 Å². The summed E-state index contributed by atoms with van der Waals surface area (Å²) in [5.41, 5.74) is 3.58. The summed E-state index contributed by atoms with van der Waals surface area (Å²) < 4.78 is 4.27. The number of carbonyl (C=O) groups excluding carboxylic acids is 1. The van der Waals surface area contributed by atoms with Crippen molar-refractivity contribution in [3.05, 3.63) is 46.6 Å². The SMILES string of the molecule is Cc1ccc(-c2nc(NC(=O)CSc3ncnc4sc5c(c34)CCCC5)ns2)cc1. The molecule has 0 atom stereocenters. The molecule has 1 amide bonds. The molecular weight excluding hydrogens is 434 g/mol. The molecule has 0 bridgehead atoms. The highest BCUT2D eigenvalue weighted by atomic mass is 32.2. The molecule has 3 heterocycles. The molecule has 0 saturated heterocycles. The van der Waals surface area contributed by atoms with E-state index in [0.717, 1.165) is 38.7 Å². The quantitative estimate of drug-likeness (QED) is 0.333. The van der Waals surface area contributed by atoms with Gasteiger partial charge in [-0.1, -0.05) is 41.6 Å². The number of hydrogen-bond acceptors (Lipinski definition) is 8. The van der Waals surface area contributed by atoms with E-state index < -0.39 is 0 Å². The first kappa shape index (κ1) is 19.6. The number of rotatable bonds is 5. The zero-order valence-electron chi connectivity index (χ0n) is 16.3. The van der Waals surface area contributed by atoms with Crippen LogP contribution in [0.4, 0.5) is 5.95 Å². The van der Waals surface area contributed by atoms with Crippen molar-refractivity contribution < 1.29 is 4.79 Å². The van der Waals surface area contributed by atoms with Crippen molar-refractivity contribution in [1.82, 2.24) is 19.3 Å². The third-order valence-corrected chi connectivity index (χ3v) is 7.99. The minimum atomic E-state index is -0.135. The summed E-state index contributed by atoms with van der Waals surface area (Å²) in [5, 5.41) is 5.63. The van der Waals surface area contributed by atoms with Crippen molar-refractivity contribution in [2.75, 3.05) is 11.1 Å². The minimum absolute atomic E-state index is 0.135. The normalized spacial score (nSPS) is 13.4. The predicted molar refractivity (Wildman–Crippen MR) is 123 cm³/mol. The lowest BCUT2D eigenvalue weighted by Gasteiger charge is -2.11. The number of nitrogens with zero attached hydrogens (tertiary/aromatic N) is 4. The Bertz CT molecular complexity index is 1220. The van der Waals surface area contributed by atoms with E-state index in [1.54, 1.807) is 17.7 Å². The van der Waals surface area contributed by atoms with Gasteiger partial charge in [-0.25, -0.2) is 9.97 Å². The van der Waals surface area contributed by atoms with Crippen molar-refractivity contribution in [3.63, 3.8) is 0 Å². The average Bonchev–Trinajstić information content (AvgIpc) is 3.37. The van der Waals surface area contributed by atoms with Crippen LogP contribution in [0, 0.1) is 6.92 Å². The Labute approximate surface area is 186 Å². The molecule has 0 fully saturated rings. The van der Waals surface area contributed by atoms with Gasteiger partial charge in [0.05, 0.1) is 5.75 Å². The smallest absolute Gasteiger partial charge is 0.241 e. The zero-order valence-corrected chi connectivity index (χ0v) is 18.8. The van der Waals surface area contributed by atoms with Gasteiger partial charge in [-0.2, -0.15) is 9.36 Å². The van der Waals surface area contributed by atoms with Crippen LogP contribution < -0.4 is 5.32 Å². The number of amides is 1. The highest BCUT2D eigenvalue weighted by molar-refractivity contribution is 8.00. The number of carbonyl (C=O) groups is 1. The maximum Gasteiger partial charge on any atom is 0.241 e. The summed E-state index contributed by atoms with van der Waals surface area (Å²) in [6, 6.07) is 8.10. The van der Waals surface area contributed by atoms with E-state index in [2.05, 4.69) is 24.6 Å². The molecule has 9 heteroatoms. The molecule has 0 saturated carbocycles. The van der Waals surface area contributed by atoms with Gasteiger partial charge < -0.3 is 0 Å². The highest BCUT2D eigenvalue weighted by Crippen LogP contribution is 2.39. The van der Waals surface area contributed by atoms with E-state index in [-0.39, 0.29) is 11.7 Å². The van der Waals surface area contributed by atoms with Crippen molar-refractivity contribution in [2.24, 2.45) is 0 Å². The average molecular weight is 454 g/mol. The fourth-order valence-corrected chi connectivity index (χ4v) is 6.30. The fraction of sp³-hybridized carbons (Fsp3) is 0.286. The van der Waals surface area contributed by atoms with Gasteiger partial charge in [0.1, 0.15) is 21.2 Å². The van der Waals surface area contributed by atoms with Gasteiger partial charge in [0.15, 0.2) is 0 Å². The van der Waals surface area contributed by atoms with Crippen LogP contribution in [0.5, 0.6) is 0 Å². The monoisotopic (exact) mass is 453 g/mol. The molecule has 0 spiro atoms.